The number of nitrogens with one attached hydrogen (secondary N) is 3. The molecule has 188 valence electrons. The van der Waals surface area contributed by atoms with Gasteiger partial charge in [-0.1, -0.05) is 24.3 Å². The number of aliphatic carboxylic acids is 1. The molecule has 35 heavy (non-hydrogen) atoms. The summed E-state index contributed by atoms with van der Waals surface area (Å²) >= 11 is 0. The zero-order valence-electron chi connectivity index (χ0n) is 20.7. The Bertz CT molecular complexity index is 1080. The van der Waals surface area contributed by atoms with Crippen molar-refractivity contribution in [2.45, 2.75) is 39.2 Å². The summed E-state index contributed by atoms with van der Waals surface area (Å²) in [5, 5.41) is 17.9. The number of carbonyl (C=O) groups excluding carboxylic acids is 2. The van der Waals surface area contributed by atoms with Crippen molar-refractivity contribution >= 4 is 29.3 Å². The van der Waals surface area contributed by atoms with Crippen LogP contribution < -0.4 is 20.7 Å². The third-order valence-corrected chi connectivity index (χ3v) is 6.64. The number of amides is 3. The molecule has 2 aromatic rings. The van der Waals surface area contributed by atoms with E-state index in [1.165, 1.54) is 14.0 Å². The Balaban J connectivity index is 1.80. The van der Waals surface area contributed by atoms with E-state index in [1.54, 1.807) is 6.07 Å². The normalized spacial score (nSPS) is 16.1. The number of carboxylic acids is 1. The van der Waals surface area contributed by atoms with Crippen LogP contribution in [0.5, 0.6) is 5.75 Å². The Morgan fingerprint density at radius 3 is 2.34 bits per heavy atom. The van der Waals surface area contributed by atoms with Gasteiger partial charge in [0.2, 0.25) is 5.91 Å². The molecule has 0 radical (unpaired) electrons. The zero-order chi connectivity index (χ0) is 25.6. The van der Waals surface area contributed by atoms with Crippen LogP contribution in [-0.2, 0) is 15.1 Å². The van der Waals surface area contributed by atoms with Crippen LogP contribution in [0.15, 0.2) is 42.5 Å². The molecule has 0 spiro atoms. The summed E-state index contributed by atoms with van der Waals surface area (Å²) in [6.45, 7) is 6.69. The van der Waals surface area contributed by atoms with Gasteiger partial charge in [-0.2, -0.15) is 0 Å². The second-order valence-electron chi connectivity index (χ2n) is 9.14. The highest BCUT2D eigenvalue weighted by Gasteiger charge is 2.39. The number of carbonyl (C=O) groups is 3. The maximum absolute atomic E-state index is 12.6. The van der Waals surface area contributed by atoms with Crippen molar-refractivity contribution in [1.82, 2.24) is 10.2 Å². The third kappa shape index (κ3) is 6.51. The molecule has 0 aliphatic carbocycles. The quantitative estimate of drug-likeness (QED) is 0.454. The predicted molar refractivity (Wildman–Crippen MR) is 135 cm³/mol. The van der Waals surface area contributed by atoms with Crippen molar-refractivity contribution in [2.24, 2.45) is 5.92 Å². The summed E-state index contributed by atoms with van der Waals surface area (Å²) in [6.07, 6.45) is 1.48. The summed E-state index contributed by atoms with van der Waals surface area (Å²) in [6, 6.07) is 12.6. The van der Waals surface area contributed by atoms with E-state index in [-0.39, 0.29) is 24.4 Å². The van der Waals surface area contributed by atoms with Crippen LogP contribution >= 0.6 is 0 Å². The van der Waals surface area contributed by atoms with Crippen molar-refractivity contribution in [3.63, 3.8) is 0 Å². The minimum Gasteiger partial charge on any atom is -0.495 e. The first-order valence-electron chi connectivity index (χ1n) is 11.7. The second kappa shape index (κ2) is 11.2. The highest BCUT2D eigenvalue weighted by Crippen LogP contribution is 2.39. The minimum absolute atomic E-state index is 0.0162. The molecule has 0 bridgehead atoms. The lowest BCUT2D eigenvalue weighted by molar-refractivity contribution is -0.138. The van der Waals surface area contributed by atoms with Crippen LogP contribution in [0.4, 0.5) is 16.2 Å². The molecule has 4 N–H and O–H groups in total. The van der Waals surface area contributed by atoms with Crippen molar-refractivity contribution < 1.29 is 24.2 Å². The van der Waals surface area contributed by atoms with Gasteiger partial charge in [0, 0.05) is 12.6 Å². The number of hydrogen-bond acceptors (Lipinski definition) is 5. The number of piperidine rings is 1. The van der Waals surface area contributed by atoms with Crippen LogP contribution in [0.25, 0.3) is 0 Å². The van der Waals surface area contributed by atoms with Gasteiger partial charge in [-0.05, 0) is 75.0 Å². The Hall–Kier alpha value is -3.59. The fourth-order valence-corrected chi connectivity index (χ4v) is 4.74. The Morgan fingerprint density at radius 1 is 1.09 bits per heavy atom. The molecule has 1 aliphatic heterocycles. The lowest BCUT2D eigenvalue weighted by Gasteiger charge is -2.43. The van der Waals surface area contributed by atoms with E-state index in [0.29, 0.717) is 30.2 Å². The minimum atomic E-state index is -0.840. The fraction of sp³-hybridized carbons (Fsp3) is 0.423. The van der Waals surface area contributed by atoms with Crippen LogP contribution in [0.1, 0.15) is 37.8 Å². The number of carboxylic acid groups (broad SMARTS) is 1. The molecule has 1 atom stereocenters. The fourth-order valence-electron chi connectivity index (χ4n) is 4.74. The summed E-state index contributed by atoms with van der Waals surface area (Å²) in [7, 11) is 1.53. The first kappa shape index (κ1) is 26.0. The number of rotatable bonds is 8. The lowest BCUT2D eigenvalue weighted by Crippen LogP contribution is -2.52. The topological polar surface area (TPSA) is 120 Å². The molecule has 3 amide bonds. The third-order valence-electron chi connectivity index (χ3n) is 6.64. The maximum atomic E-state index is 12.6. The lowest BCUT2D eigenvalue weighted by atomic mass is 9.74. The van der Waals surface area contributed by atoms with E-state index >= 15 is 0 Å². The van der Waals surface area contributed by atoms with Crippen LogP contribution in [0, 0.1) is 12.8 Å². The summed E-state index contributed by atoms with van der Waals surface area (Å²) < 4.78 is 5.58. The molecular formula is C26H34N4O5. The van der Waals surface area contributed by atoms with Crippen LogP contribution in [0.2, 0.25) is 0 Å². The number of benzene rings is 2. The first-order chi connectivity index (χ1) is 16.6. The zero-order valence-corrected chi connectivity index (χ0v) is 20.7. The molecule has 0 saturated carbocycles. The Morgan fingerprint density at radius 2 is 1.74 bits per heavy atom. The number of anilines is 2. The molecule has 1 saturated heterocycles. The highest BCUT2D eigenvalue weighted by molar-refractivity contribution is 6.01. The largest absolute Gasteiger partial charge is 0.495 e. The smallest absolute Gasteiger partial charge is 0.323 e. The molecule has 2 aromatic carbocycles. The number of hydrogen-bond donors (Lipinski definition) is 4. The number of aryl methyl sites for hydroxylation is 1. The number of methoxy groups -OCH3 is 1. The van der Waals surface area contributed by atoms with E-state index in [2.05, 4.69) is 16.0 Å². The summed E-state index contributed by atoms with van der Waals surface area (Å²) in [5.41, 5.74) is 2.34. The molecule has 1 aliphatic rings. The number of nitrogens with zero attached hydrogens (tertiary/aromatic N) is 1. The molecule has 3 rings (SSSR count). The molecule has 9 heteroatoms. The Kier molecular flexibility index (Phi) is 8.34. The first-order valence-corrected chi connectivity index (χ1v) is 11.7. The summed E-state index contributed by atoms with van der Waals surface area (Å²) in [5.74, 6) is -0.418. The average molecular weight is 483 g/mol. The van der Waals surface area contributed by atoms with E-state index < -0.39 is 11.5 Å². The maximum Gasteiger partial charge on any atom is 0.323 e. The van der Waals surface area contributed by atoms with Crippen molar-refractivity contribution in [1.29, 1.82) is 0 Å². The monoisotopic (exact) mass is 482 g/mol. The number of likely N-dealkylation sites (tertiary alicyclic amines) is 1. The Labute approximate surface area is 205 Å². The van der Waals surface area contributed by atoms with E-state index in [9.17, 15) is 14.4 Å². The molecule has 1 fully saturated rings. The SMILES string of the molecule is COc1cc(C(C)(NC(C)=O)C2CCN(CC(=O)O)CC2)ccc1NC(=O)Nc1ccccc1C. The van der Waals surface area contributed by atoms with E-state index in [1.807, 2.05) is 55.1 Å². The van der Waals surface area contributed by atoms with Gasteiger partial charge in [-0.15, -0.1) is 0 Å². The van der Waals surface area contributed by atoms with Gasteiger partial charge in [0.15, 0.2) is 0 Å². The van der Waals surface area contributed by atoms with Gasteiger partial charge in [0.05, 0.1) is 24.9 Å². The second-order valence-corrected chi connectivity index (χ2v) is 9.14. The van der Waals surface area contributed by atoms with Gasteiger partial charge < -0.3 is 25.8 Å². The van der Waals surface area contributed by atoms with Crippen LogP contribution in [0.3, 0.4) is 0 Å². The van der Waals surface area contributed by atoms with Crippen molar-refractivity contribution in [2.75, 3.05) is 37.4 Å². The van der Waals surface area contributed by atoms with Gasteiger partial charge in [-0.25, -0.2) is 4.79 Å². The van der Waals surface area contributed by atoms with E-state index in [4.69, 9.17) is 9.84 Å². The molecular weight excluding hydrogens is 448 g/mol. The van der Waals surface area contributed by atoms with Gasteiger partial charge >= 0.3 is 12.0 Å². The van der Waals surface area contributed by atoms with E-state index in [0.717, 1.165) is 24.0 Å². The standard InChI is InChI=1S/C26H34N4O5/c1-17-7-5-6-8-21(17)27-25(34)28-22-10-9-20(15-23(22)35-4)26(3,29-18(2)31)19-11-13-30(14-12-19)16-24(32)33/h5-10,15,19H,11-14,16H2,1-4H3,(H,29,31)(H,32,33)(H2,27,28,34). The highest BCUT2D eigenvalue weighted by atomic mass is 16.5. The van der Waals surface area contributed by atoms with Gasteiger partial charge in [-0.3, -0.25) is 14.5 Å². The van der Waals surface area contributed by atoms with Crippen molar-refractivity contribution in [3.05, 3.63) is 53.6 Å². The molecule has 9 nitrogen and oxygen atoms in total. The number of para-hydroxylation sites is 1. The average Bonchev–Trinajstić information content (AvgIpc) is 2.80. The molecule has 1 unspecified atom stereocenters. The van der Waals surface area contributed by atoms with Crippen LogP contribution in [-0.4, -0.2) is 54.7 Å². The van der Waals surface area contributed by atoms with Crippen molar-refractivity contribution in [3.8, 4) is 5.75 Å². The predicted octanol–water partition coefficient (Wildman–Crippen LogP) is 3.80. The van der Waals surface area contributed by atoms with Gasteiger partial charge in [0.1, 0.15) is 5.75 Å². The molecule has 1 heterocycles. The number of urea groups is 1. The molecule has 0 aromatic heterocycles. The summed E-state index contributed by atoms with van der Waals surface area (Å²) in [4.78, 5) is 37.7. The van der Waals surface area contributed by atoms with Gasteiger partial charge in [0.25, 0.3) is 0 Å². The number of ether oxygens (including phenoxy) is 1.